The highest BCUT2D eigenvalue weighted by Gasteiger charge is 2.37. The lowest BCUT2D eigenvalue weighted by molar-refractivity contribution is -0.148. The zero-order valence-corrected chi connectivity index (χ0v) is 15.9. The second-order valence-electron chi connectivity index (χ2n) is 6.75. The Bertz CT molecular complexity index is 667. The molecule has 0 radical (unpaired) electrons. The van der Waals surface area contributed by atoms with Gasteiger partial charge in [0, 0.05) is 12.7 Å². The highest BCUT2D eigenvalue weighted by Crippen LogP contribution is 2.37. The third kappa shape index (κ3) is 5.94. The van der Waals surface area contributed by atoms with Gasteiger partial charge in [0.2, 0.25) is 5.91 Å². The Morgan fingerprint density at radius 3 is 2.65 bits per heavy atom. The number of nitrogens with one attached hydrogen (secondary N) is 1. The van der Waals surface area contributed by atoms with E-state index in [9.17, 15) is 19.0 Å². The first-order valence-electron chi connectivity index (χ1n) is 8.97. The first-order chi connectivity index (χ1) is 12.3. The average molecular weight is 382 g/mol. The molecule has 1 heterocycles. The van der Waals surface area contributed by atoms with Crippen LogP contribution in [0.1, 0.15) is 38.2 Å². The van der Waals surface area contributed by atoms with Crippen molar-refractivity contribution in [2.24, 2.45) is 0 Å². The minimum absolute atomic E-state index is 0.0831. The molecule has 0 saturated carbocycles. The fraction of sp³-hybridized carbons (Fsp3) is 0.556. The van der Waals surface area contributed by atoms with Crippen molar-refractivity contribution >= 4 is 19.4 Å². The lowest BCUT2D eigenvalue weighted by Crippen LogP contribution is -2.48. The van der Waals surface area contributed by atoms with E-state index in [1.807, 2.05) is 30.3 Å². The van der Waals surface area contributed by atoms with Crippen LogP contribution >= 0.6 is 7.52 Å². The first kappa shape index (κ1) is 20.6. The van der Waals surface area contributed by atoms with Gasteiger partial charge in [-0.25, -0.2) is 9.88 Å². The van der Waals surface area contributed by atoms with Gasteiger partial charge in [0.15, 0.2) is 0 Å². The molecule has 8 heteroatoms. The zero-order chi connectivity index (χ0) is 19.2. The standard InChI is InChI=1S/C18H27N2O5P/c1-14(17(21)20-12-7-11-16(20)18(22)23)19-26(24,25)13-6-5-10-15-8-3-2-4-9-15/h2-4,8-9,14,16H,5-7,10-13H2,1H3,(H,22,23)(H2,19,24,25)/t14?,16-/m0/s1. The summed E-state index contributed by atoms with van der Waals surface area (Å²) < 4.78 is 12.3. The fourth-order valence-corrected chi connectivity index (χ4v) is 4.76. The molecule has 0 aliphatic carbocycles. The van der Waals surface area contributed by atoms with E-state index in [0.717, 1.165) is 12.8 Å². The van der Waals surface area contributed by atoms with Gasteiger partial charge in [0.05, 0.1) is 6.04 Å². The lowest BCUT2D eigenvalue weighted by atomic mass is 10.1. The van der Waals surface area contributed by atoms with E-state index in [0.29, 0.717) is 25.8 Å². The summed E-state index contributed by atoms with van der Waals surface area (Å²) in [7, 11) is -3.65. The number of carbonyl (C=O) groups is 2. The van der Waals surface area contributed by atoms with Gasteiger partial charge in [0.25, 0.3) is 7.52 Å². The predicted octanol–water partition coefficient (Wildman–Crippen LogP) is 2.25. The van der Waals surface area contributed by atoms with E-state index in [4.69, 9.17) is 5.11 Å². The molecule has 3 atom stereocenters. The van der Waals surface area contributed by atoms with Gasteiger partial charge >= 0.3 is 5.97 Å². The first-order valence-corrected chi connectivity index (χ1v) is 10.8. The number of hydrogen-bond donors (Lipinski definition) is 3. The van der Waals surface area contributed by atoms with Crippen molar-refractivity contribution in [1.29, 1.82) is 0 Å². The van der Waals surface area contributed by atoms with Crippen molar-refractivity contribution in [3.05, 3.63) is 35.9 Å². The Labute approximate surface area is 153 Å². The SMILES string of the molecule is CC(NP(=O)(O)CCCCc1ccccc1)C(=O)N1CCC[C@H]1C(=O)O. The highest BCUT2D eigenvalue weighted by molar-refractivity contribution is 7.55. The number of likely N-dealkylation sites (tertiary alicyclic amines) is 1. The molecule has 1 amide bonds. The van der Waals surface area contributed by atoms with Crippen molar-refractivity contribution < 1.29 is 24.2 Å². The van der Waals surface area contributed by atoms with Crippen LogP contribution in [0.3, 0.4) is 0 Å². The summed E-state index contributed by atoms with van der Waals surface area (Å²) in [6, 6.07) is 8.19. The number of carboxylic acid groups (broad SMARTS) is 1. The lowest BCUT2D eigenvalue weighted by Gasteiger charge is -2.26. The number of carboxylic acids is 1. The molecule has 0 spiro atoms. The number of hydrogen-bond acceptors (Lipinski definition) is 3. The van der Waals surface area contributed by atoms with Crippen LogP contribution in [0.5, 0.6) is 0 Å². The highest BCUT2D eigenvalue weighted by atomic mass is 31.2. The van der Waals surface area contributed by atoms with Crippen molar-refractivity contribution in [2.45, 2.75) is 51.1 Å². The van der Waals surface area contributed by atoms with Crippen molar-refractivity contribution in [3.8, 4) is 0 Å². The molecule has 1 fully saturated rings. The third-order valence-electron chi connectivity index (χ3n) is 4.61. The number of unbranched alkanes of at least 4 members (excludes halogenated alkanes) is 1. The van der Waals surface area contributed by atoms with Crippen LogP contribution in [0, 0.1) is 0 Å². The van der Waals surface area contributed by atoms with Crippen LogP contribution in [0.2, 0.25) is 0 Å². The minimum Gasteiger partial charge on any atom is -0.480 e. The number of aryl methyl sites for hydroxylation is 1. The summed E-state index contributed by atoms with van der Waals surface area (Å²) in [5.74, 6) is -1.47. The number of amides is 1. The smallest absolute Gasteiger partial charge is 0.326 e. The number of aliphatic carboxylic acids is 1. The van der Waals surface area contributed by atoms with E-state index >= 15 is 0 Å². The molecule has 3 N–H and O–H groups in total. The maximum Gasteiger partial charge on any atom is 0.326 e. The van der Waals surface area contributed by atoms with Gasteiger partial charge in [-0.1, -0.05) is 30.3 Å². The van der Waals surface area contributed by atoms with E-state index in [1.165, 1.54) is 17.4 Å². The van der Waals surface area contributed by atoms with Crippen molar-refractivity contribution in [1.82, 2.24) is 9.99 Å². The summed E-state index contributed by atoms with van der Waals surface area (Å²) in [6.45, 7) is 1.88. The van der Waals surface area contributed by atoms with Crippen LogP contribution in [-0.4, -0.2) is 51.6 Å². The fourth-order valence-electron chi connectivity index (χ4n) is 3.26. The van der Waals surface area contributed by atoms with E-state index < -0.39 is 31.5 Å². The topological polar surface area (TPSA) is 107 Å². The van der Waals surface area contributed by atoms with Gasteiger partial charge in [-0.05, 0) is 44.6 Å². The Kier molecular flexibility index (Phi) is 7.38. The van der Waals surface area contributed by atoms with Crippen LogP contribution in [0.4, 0.5) is 0 Å². The maximum atomic E-state index is 12.4. The van der Waals surface area contributed by atoms with Crippen LogP contribution in [0.25, 0.3) is 0 Å². The maximum absolute atomic E-state index is 12.4. The second kappa shape index (κ2) is 9.31. The summed E-state index contributed by atoms with van der Waals surface area (Å²) in [5.41, 5.74) is 1.19. The number of nitrogens with zero attached hydrogens (tertiary/aromatic N) is 1. The molecule has 0 bridgehead atoms. The summed E-state index contributed by atoms with van der Waals surface area (Å²) in [4.78, 5) is 35.0. The molecule has 2 unspecified atom stereocenters. The summed E-state index contributed by atoms with van der Waals surface area (Å²) in [6.07, 6.45) is 3.32. The van der Waals surface area contributed by atoms with Gasteiger partial charge in [0.1, 0.15) is 6.04 Å². The van der Waals surface area contributed by atoms with Crippen LogP contribution < -0.4 is 5.09 Å². The van der Waals surface area contributed by atoms with Crippen LogP contribution in [-0.2, 0) is 20.6 Å². The molecular weight excluding hydrogens is 355 g/mol. The Hall–Kier alpha value is -1.69. The van der Waals surface area contributed by atoms with Gasteiger partial charge in [-0.2, -0.15) is 0 Å². The second-order valence-corrected chi connectivity index (χ2v) is 8.86. The molecule has 7 nitrogen and oxygen atoms in total. The van der Waals surface area contributed by atoms with E-state index in [-0.39, 0.29) is 6.16 Å². The van der Waals surface area contributed by atoms with Crippen LogP contribution in [0.15, 0.2) is 30.3 Å². The van der Waals surface area contributed by atoms with E-state index in [1.54, 1.807) is 0 Å². The quantitative estimate of drug-likeness (QED) is 0.447. The zero-order valence-electron chi connectivity index (χ0n) is 15.0. The molecule has 1 aromatic rings. The molecular formula is C18H27N2O5P. The Balaban J connectivity index is 1.79. The van der Waals surface area contributed by atoms with Crippen molar-refractivity contribution in [2.75, 3.05) is 12.7 Å². The van der Waals surface area contributed by atoms with Gasteiger partial charge in [-0.3, -0.25) is 9.36 Å². The molecule has 1 aliphatic heterocycles. The molecule has 1 saturated heterocycles. The number of benzene rings is 1. The van der Waals surface area contributed by atoms with Gasteiger partial charge in [-0.15, -0.1) is 0 Å². The van der Waals surface area contributed by atoms with Crippen molar-refractivity contribution in [3.63, 3.8) is 0 Å². The third-order valence-corrected chi connectivity index (χ3v) is 6.32. The summed E-state index contributed by atoms with van der Waals surface area (Å²) >= 11 is 0. The normalized spacial score (nSPS) is 20.5. The predicted molar refractivity (Wildman–Crippen MR) is 99.0 cm³/mol. The number of rotatable bonds is 9. The molecule has 0 aromatic heterocycles. The van der Waals surface area contributed by atoms with Gasteiger partial charge < -0.3 is 14.9 Å². The Morgan fingerprint density at radius 1 is 1.31 bits per heavy atom. The number of carbonyl (C=O) groups excluding carboxylic acids is 1. The molecule has 2 rings (SSSR count). The molecule has 1 aliphatic rings. The molecule has 26 heavy (non-hydrogen) atoms. The van der Waals surface area contributed by atoms with E-state index in [2.05, 4.69) is 5.09 Å². The monoisotopic (exact) mass is 382 g/mol. The minimum atomic E-state index is -3.65. The largest absolute Gasteiger partial charge is 0.480 e. The average Bonchev–Trinajstić information content (AvgIpc) is 3.08. The summed E-state index contributed by atoms with van der Waals surface area (Å²) in [5, 5.41) is 11.7. The Morgan fingerprint density at radius 2 is 2.00 bits per heavy atom. The molecule has 144 valence electrons. The molecule has 1 aromatic carbocycles.